The Bertz CT molecular complexity index is 771. The second-order valence-corrected chi connectivity index (χ2v) is 8.22. The van der Waals surface area contributed by atoms with E-state index in [4.69, 9.17) is 16.3 Å². The van der Waals surface area contributed by atoms with Crippen molar-refractivity contribution in [1.29, 1.82) is 0 Å². The van der Waals surface area contributed by atoms with E-state index in [0.717, 1.165) is 50.1 Å². The standard InChI is InChI=1S/C23H31ClN2O.ClH/c1-17(2)20-7-5-19(4)23(15-20)27-14-13-25-9-11-26(12-10-25)22-16-21(24)8-6-18(22)3;/h5-8,15-17H,9-14H2,1-4H3;1H. The van der Waals surface area contributed by atoms with Crippen molar-refractivity contribution in [3.63, 3.8) is 0 Å². The van der Waals surface area contributed by atoms with Gasteiger partial charge in [-0.15, -0.1) is 12.4 Å². The van der Waals surface area contributed by atoms with E-state index in [1.165, 1.54) is 22.4 Å². The van der Waals surface area contributed by atoms with E-state index in [-0.39, 0.29) is 12.4 Å². The van der Waals surface area contributed by atoms with E-state index in [1.807, 2.05) is 6.07 Å². The molecule has 3 rings (SSSR count). The Balaban J connectivity index is 0.00000280. The molecular formula is C23H32Cl2N2O. The fourth-order valence-corrected chi connectivity index (χ4v) is 3.72. The summed E-state index contributed by atoms with van der Waals surface area (Å²) in [7, 11) is 0. The van der Waals surface area contributed by atoms with Crippen molar-refractivity contribution in [2.45, 2.75) is 33.6 Å². The number of halogens is 2. The van der Waals surface area contributed by atoms with Gasteiger partial charge in [0.05, 0.1) is 0 Å². The molecule has 2 aromatic carbocycles. The first kappa shape index (κ1) is 22.9. The number of ether oxygens (including phenoxy) is 1. The lowest BCUT2D eigenvalue weighted by molar-refractivity contribution is 0.200. The van der Waals surface area contributed by atoms with Crippen LogP contribution in [-0.2, 0) is 0 Å². The van der Waals surface area contributed by atoms with Crippen LogP contribution in [0, 0.1) is 13.8 Å². The maximum atomic E-state index is 6.18. The second-order valence-electron chi connectivity index (χ2n) is 7.79. The molecule has 0 aliphatic carbocycles. The number of hydrogen-bond donors (Lipinski definition) is 0. The maximum Gasteiger partial charge on any atom is 0.122 e. The Hall–Kier alpha value is -1.42. The minimum Gasteiger partial charge on any atom is -0.492 e. The van der Waals surface area contributed by atoms with Crippen LogP contribution >= 0.6 is 24.0 Å². The molecule has 1 aliphatic rings. The zero-order valence-corrected chi connectivity index (χ0v) is 18.9. The van der Waals surface area contributed by atoms with Gasteiger partial charge in [0.15, 0.2) is 0 Å². The molecule has 1 saturated heterocycles. The lowest BCUT2D eigenvalue weighted by atomic mass is 10.0. The Morgan fingerprint density at radius 2 is 1.64 bits per heavy atom. The van der Waals surface area contributed by atoms with Crippen LogP contribution in [0.15, 0.2) is 36.4 Å². The van der Waals surface area contributed by atoms with Crippen LogP contribution in [0.4, 0.5) is 5.69 Å². The molecule has 3 nitrogen and oxygen atoms in total. The molecule has 2 aromatic rings. The summed E-state index contributed by atoms with van der Waals surface area (Å²) in [5, 5.41) is 0.811. The van der Waals surface area contributed by atoms with Gasteiger partial charge >= 0.3 is 0 Å². The van der Waals surface area contributed by atoms with Gasteiger partial charge < -0.3 is 9.64 Å². The van der Waals surface area contributed by atoms with Gasteiger partial charge in [-0.25, -0.2) is 0 Å². The average Bonchev–Trinajstić information content (AvgIpc) is 2.65. The van der Waals surface area contributed by atoms with E-state index in [2.05, 4.69) is 67.8 Å². The molecule has 1 heterocycles. The van der Waals surface area contributed by atoms with Crippen LogP contribution in [0.3, 0.4) is 0 Å². The highest BCUT2D eigenvalue weighted by atomic mass is 35.5. The largest absolute Gasteiger partial charge is 0.492 e. The predicted octanol–water partition coefficient (Wildman–Crippen LogP) is 5.70. The van der Waals surface area contributed by atoms with E-state index in [9.17, 15) is 0 Å². The molecule has 0 atom stereocenters. The molecule has 0 bridgehead atoms. The minimum absolute atomic E-state index is 0. The molecule has 28 heavy (non-hydrogen) atoms. The molecule has 0 N–H and O–H groups in total. The van der Waals surface area contributed by atoms with Gasteiger partial charge in [0.2, 0.25) is 0 Å². The monoisotopic (exact) mass is 422 g/mol. The molecule has 0 radical (unpaired) electrons. The van der Waals surface area contributed by atoms with Crippen molar-refractivity contribution in [3.05, 3.63) is 58.1 Å². The number of rotatable bonds is 6. The molecule has 0 unspecified atom stereocenters. The number of aryl methyl sites for hydroxylation is 2. The van der Waals surface area contributed by atoms with Gasteiger partial charge in [0.25, 0.3) is 0 Å². The summed E-state index contributed by atoms with van der Waals surface area (Å²) in [4.78, 5) is 4.92. The van der Waals surface area contributed by atoms with Gasteiger partial charge in [0.1, 0.15) is 12.4 Å². The van der Waals surface area contributed by atoms with E-state index in [1.54, 1.807) is 0 Å². The van der Waals surface area contributed by atoms with Crippen molar-refractivity contribution in [2.24, 2.45) is 0 Å². The maximum absolute atomic E-state index is 6.18. The highest BCUT2D eigenvalue weighted by Gasteiger charge is 2.18. The fourth-order valence-electron chi connectivity index (χ4n) is 3.55. The molecule has 1 aliphatic heterocycles. The van der Waals surface area contributed by atoms with Crippen LogP contribution in [-0.4, -0.2) is 44.2 Å². The van der Waals surface area contributed by atoms with Crippen LogP contribution < -0.4 is 9.64 Å². The summed E-state index contributed by atoms with van der Waals surface area (Å²) in [5.41, 5.74) is 5.10. The quantitative estimate of drug-likeness (QED) is 0.593. The normalized spacial score (nSPS) is 14.9. The van der Waals surface area contributed by atoms with Crippen molar-refractivity contribution in [1.82, 2.24) is 4.90 Å². The molecule has 0 amide bonds. The predicted molar refractivity (Wildman–Crippen MR) is 123 cm³/mol. The molecule has 1 fully saturated rings. The molecule has 0 spiro atoms. The second kappa shape index (κ2) is 10.4. The lowest BCUT2D eigenvalue weighted by Crippen LogP contribution is -2.47. The molecule has 0 aromatic heterocycles. The van der Waals surface area contributed by atoms with E-state index < -0.39 is 0 Å². The molecule has 154 valence electrons. The summed E-state index contributed by atoms with van der Waals surface area (Å²) in [5.74, 6) is 1.55. The number of hydrogen-bond acceptors (Lipinski definition) is 3. The number of nitrogens with zero attached hydrogens (tertiary/aromatic N) is 2. The Morgan fingerprint density at radius 3 is 2.32 bits per heavy atom. The van der Waals surface area contributed by atoms with Crippen LogP contribution in [0.2, 0.25) is 5.02 Å². The van der Waals surface area contributed by atoms with Gasteiger partial charge in [-0.05, 0) is 54.7 Å². The molecular weight excluding hydrogens is 391 g/mol. The van der Waals surface area contributed by atoms with Crippen molar-refractivity contribution >= 4 is 29.7 Å². The SMILES string of the molecule is Cc1ccc(C(C)C)cc1OCCN1CCN(c2cc(Cl)ccc2C)CC1.Cl. The highest BCUT2D eigenvalue weighted by Crippen LogP contribution is 2.26. The summed E-state index contributed by atoms with van der Waals surface area (Å²) in [6.45, 7) is 14.6. The smallest absolute Gasteiger partial charge is 0.122 e. The number of piperazine rings is 1. The molecule has 5 heteroatoms. The van der Waals surface area contributed by atoms with Gasteiger partial charge in [0, 0.05) is 43.4 Å². The van der Waals surface area contributed by atoms with E-state index >= 15 is 0 Å². The topological polar surface area (TPSA) is 15.7 Å². The third-order valence-corrected chi connectivity index (χ3v) is 5.66. The summed E-state index contributed by atoms with van der Waals surface area (Å²) in [6.07, 6.45) is 0. The zero-order chi connectivity index (χ0) is 19.4. The molecule has 0 saturated carbocycles. The first-order chi connectivity index (χ1) is 12.9. The van der Waals surface area contributed by atoms with Crippen molar-refractivity contribution in [2.75, 3.05) is 44.2 Å². The lowest BCUT2D eigenvalue weighted by Gasteiger charge is -2.36. The van der Waals surface area contributed by atoms with Crippen LogP contribution in [0.5, 0.6) is 5.75 Å². The fraction of sp³-hybridized carbons (Fsp3) is 0.478. The number of anilines is 1. The Kier molecular flexibility index (Phi) is 8.48. The summed E-state index contributed by atoms with van der Waals surface area (Å²) >= 11 is 6.18. The van der Waals surface area contributed by atoms with Crippen molar-refractivity contribution in [3.8, 4) is 5.75 Å². The van der Waals surface area contributed by atoms with E-state index in [0.29, 0.717) is 5.92 Å². The van der Waals surface area contributed by atoms with Gasteiger partial charge in [-0.1, -0.05) is 43.6 Å². The average molecular weight is 423 g/mol. The first-order valence-electron chi connectivity index (χ1n) is 9.91. The zero-order valence-electron chi connectivity index (χ0n) is 17.4. The Morgan fingerprint density at radius 1 is 0.964 bits per heavy atom. The number of benzene rings is 2. The van der Waals surface area contributed by atoms with Crippen LogP contribution in [0.25, 0.3) is 0 Å². The third-order valence-electron chi connectivity index (χ3n) is 5.43. The summed E-state index contributed by atoms with van der Waals surface area (Å²) in [6, 6.07) is 12.7. The minimum atomic E-state index is 0. The Labute approximate surface area is 181 Å². The highest BCUT2D eigenvalue weighted by molar-refractivity contribution is 6.30. The van der Waals surface area contributed by atoms with Crippen molar-refractivity contribution < 1.29 is 4.74 Å². The van der Waals surface area contributed by atoms with Gasteiger partial charge in [-0.3, -0.25) is 4.90 Å². The van der Waals surface area contributed by atoms with Crippen LogP contribution in [0.1, 0.15) is 36.5 Å². The summed E-state index contributed by atoms with van der Waals surface area (Å²) < 4.78 is 6.10. The third kappa shape index (κ3) is 5.79. The van der Waals surface area contributed by atoms with Gasteiger partial charge in [-0.2, -0.15) is 0 Å². The first-order valence-corrected chi connectivity index (χ1v) is 10.3.